The smallest absolute Gasteiger partial charge is 0.270 e. The number of hydrogen-bond acceptors (Lipinski definition) is 3. The molecule has 0 aromatic carbocycles. The molecule has 1 amide bonds. The third-order valence-corrected chi connectivity index (χ3v) is 4.14. The van der Waals surface area contributed by atoms with Crippen LogP contribution in [-0.4, -0.2) is 52.8 Å². The monoisotopic (exact) mass is 293 g/mol. The van der Waals surface area contributed by atoms with Crippen molar-refractivity contribution in [2.45, 2.75) is 45.2 Å². The molecule has 0 spiro atoms. The van der Waals surface area contributed by atoms with Gasteiger partial charge in [-0.25, -0.2) is 0 Å². The van der Waals surface area contributed by atoms with Crippen molar-refractivity contribution in [3.63, 3.8) is 0 Å². The highest BCUT2D eigenvalue weighted by molar-refractivity contribution is 5.93. The van der Waals surface area contributed by atoms with Gasteiger partial charge in [-0.05, 0) is 58.3 Å². The van der Waals surface area contributed by atoms with E-state index in [1.807, 2.05) is 37.1 Å². The summed E-state index contributed by atoms with van der Waals surface area (Å²) in [5.74, 6) is 0.0713. The molecule has 2 rings (SSSR count). The van der Waals surface area contributed by atoms with Crippen LogP contribution in [-0.2, 0) is 0 Å². The summed E-state index contributed by atoms with van der Waals surface area (Å²) in [6.07, 6.45) is 4.77. The van der Waals surface area contributed by atoms with E-state index in [2.05, 4.69) is 9.88 Å². The van der Waals surface area contributed by atoms with Crippen molar-refractivity contribution in [3.8, 4) is 0 Å². The number of carbonyl (C=O) groups excluding carboxylic acids is 1. The number of piperidine rings is 1. The number of nitrogens with one attached hydrogen (secondary N) is 1. The summed E-state index contributed by atoms with van der Waals surface area (Å²) >= 11 is 0. The molecule has 21 heavy (non-hydrogen) atoms. The van der Waals surface area contributed by atoms with Crippen LogP contribution in [0.4, 0.5) is 0 Å². The van der Waals surface area contributed by atoms with Crippen LogP contribution in [0.3, 0.4) is 0 Å². The summed E-state index contributed by atoms with van der Waals surface area (Å²) < 4.78 is 2.14. The molecule has 1 saturated heterocycles. The topological polar surface area (TPSA) is 57.5 Å². The number of aliphatic hydroxyl groups excluding tert-OH is 1. The maximum atomic E-state index is 12.8. The van der Waals surface area contributed by atoms with E-state index >= 15 is 0 Å². The van der Waals surface area contributed by atoms with Gasteiger partial charge in [0.2, 0.25) is 0 Å². The summed E-state index contributed by atoms with van der Waals surface area (Å²) in [7, 11) is 0. The fraction of sp³-hybridized carbons (Fsp3) is 0.688. The van der Waals surface area contributed by atoms with Crippen LogP contribution in [0, 0.1) is 0 Å². The van der Waals surface area contributed by atoms with Gasteiger partial charge in [0.25, 0.3) is 5.91 Å². The zero-order valence-electron chi connectivity index (χ0n) is 13.1. The predicted molar refractivity (Wildman–Crippen MR) is 83.4 cm³/mol. The Labute approximate surface area is 126 Å². The van der Waals surface area contributed by atoms with Crippen molar-refractivity contribution in [2.75, 3.05) is 26.2 Å². The molecule has 1 fully saturated rings. The van der Waals surface area contributed by atoms with Gasteiger partial charge >= 0.3 is 0 Å². The van der Waals surface area contributed by atoms with Gasteiger partial charge in [-0.1, -0.05) is 0 Å². The molecule has 5 nitrogen and oxygen atoms in total. The maximum absolute atomic E-state index is 12.8. The van der Waals surface area contributed by atoms with Gasteiger partial charge in [0, 0.05) is 31.4 Å². The quantitative estimate of drug-likeness (QED) is 0.838. The van der Waals surface area contributed by atoms with Crippen molar-refractivity contribution in [3.05, 3.63) is 24.0 Å². The summed E-state index contributed by atoms with van der Waals surface area (Å²) in [5.41, 5.74) is 0.772. The molecular formula is C16H27N3O2. The molecule has 1 aromatic rings. The third-order valence-electron chi connectivity index (χ3n) is 4.14. The standard InChI is InChI=1S/C16H27N3O2/c1-13(2)18(11-4-12-20)16(21)15-5-3-10-19(15)14-6-8-17-9-7-14/h3,5,10,13-14,17,20H,4,6-9,11-12H2,1-2H3. The van der Waals surface area contributed by atoms with Crippen LogP contribution in [0.25, 0.3) is 0 Å². The van der Waals surface area contributed by atoms with E-state index < -0.39 is 0 Å². The molecule has 0 radical (unpaired) electrons. The van der Waals surface area contributed by atoms with Crippen molar-refractivity contribution >= 4 is 5.91 Å². The van der Waals surface area contributed by atoms with Crippen molar-refractivity contribution in [1.29, 1.82) is 0 Å². The molecule has 0 atom stereocenters. The number of amides is 1. The van der Waals surface area contributed by atoms with Crippen LogP contribution in [0.2, 0.25) is 0 Å². The Bertz CT molecular complexity index is 450. The minimum absolute atomic E-state index is 0.0713. The number of nitrogens with zero attached hydrogens (tertiary/aromatic N) is 2. The Hall–Kier alpha value is -1.33. The predicted octanol–water partition coefficient (Wildman–Crippen LogP) is 1.65. The fourth-order valence-electron chi connectivity index (χ4n) is 2.96. The molecule has 2 N–H and O–H groups in total. The van der Waals surface area contributed by atoms with Gasteiger partial charge in [0.05, 0.1) is 0 Å². The largest absolute Gasteiger partial charge is 0.396 e. The molecule has 0 saturated carbocycles. The molecule has 118 valence electrons. The lowest BCUT2D eigenvalue weighted by Gasteiger charge is -2.30. The lowest BCUT2D eigenvalue weighted by atomic mass is 10.1. The minimum Gasteiger partial charge on any atom is -0.396 e. The highest BCUT2D eigenvalue weighted by Crippen LogP contribution is 2.22. The van der Waals surface area contributed by atoms with E-state index in [1.165, 1.54) is 0 Å². The first-order valence-electron chi connectivity index (χ1n) is 7.94. The number of aromatic nitrogens is 1. The molecule has 1 aliphatic heterocycles. The Morgan fingerprint density at radius 3 is 2.81 bits per heavy atom. The van der Waals surface area contributed by atoms with E-state index in [4.69, 9.17) is 5.11 Å². The second kappa shape index (κ2) is 7.61. The second-order valence-electron chi connectivity index (χ2n) is 5.95. The molecule has 2 heterocycles. The highest BCUT2D eigenvalue weighted by Gasteiger charge is 2.24. The zero-order valence-corrected chi connectivity index (χ0v) is 13.1. The average molecular weight is 293 g/mol. The van der Waals surface area contributed by atoms with Crippen LogP contribution in [0.15, 0.2) is 18.3 Å². The Morgan fingerprint density at radius 1 is 1.48 bits per heavy atom. The first-order chi connectivity index (χ1) is 10.1. The number of carbonyl (C=O) groups is 1. The zero-order chi connectivity index (χ0) is 15.2. The Kier molecular flexibility index (Phi) is 5.82. The summed E-state index contributed by atoms with van der Waals surface area (Å²) in [4.78, 5) is 14.7. The number of aliphatic hydroxyl groups is 1. The van der Waals surface area contributed by atoms with E-state index in [9.17, 15) is 4.79 Å². The molecule has 0 bridgehead atoms. The SMILES string of the molecule is CC(C)N(CCCO)C(=O)c1cccn1C1CCNCC1. The average Bonchev–Trinajstić information content (AvgIpc) is 2.97. The van der Waals surface area contributed by atoms with Crippen LogP contribution in [0.1, 0.15) is 49.6 Å². The molecule has 1 aromatic heterocycles. The van der Waals surface area contributed by atoms with Crippen molar-refractivity contribution in [2.24, 2.45) is 0 Å². The summed E-state index contributed by atoms with van der Waals surface area (Å²) in [6, 6.07) is 4.42. The van der Waals surface area contributed by atoms with Crippen LogP contribution in [0.5, 0.6) is 0 Å². The third kappa shape index (κ3) is 3.86. The van der Waals surface area contributed by atoms with E-state index in [0.717, 1.165) is 31.6 Å². The van der Waals surface area contributed by atoms with E-state index in [-0.39, 0.29) is 18.6 Å². The van der Waals surface area contributed by atoms with Gasteiger partial charge in [0.1, 0.15) is 5.69 Å². The molecule has 0 aliphatic carbocycles. The molecule has 0 unspecified atom stereocenters. The normalized spacial score (nSPS) is 16.4. The van der Waals surface area contributed by atoms with Gasteiger partial charge in [-0.15, -0.1) is 0 Å². The van der Waals surface area contributed by atoms with Gasteiger partial charge in [0.15, 0.2) is 0 Å². The lowest BCUT2D eigenvalue weighted by molar-refractivity contribution is 0.0678. The van der Waals surface area contributed by atoms with Crippen LogP contribution >= 0.6 is 0 Å². The molecule has 1 aliphatic rings. The first kappa shape index (κ1) is 16.0. The van der Waals surface area contributed by atoms with Gasteiger partial charge in [-0.3, -0.25) is 4.79 Å². The molecular weight excluding hydrogens is 266 g/mol. The lowest BCUT2D eigenvalue weighted by Crippen LogP contribution is -2.40. The maximum Gasteiger partial charge on any atom is 0.270 e. The first-order valence-corrected chi connectivity index (χ1v) is 7.94. The molecule has 5 heteroatoms. The van der Waals surface area contributed by atoms with E-state index in [1.54, 1.807) is 0 Å². The van der Waals surface area contributed by atoms with Crippen LogP contribution < -0.4 is 5.32 Å². The Morgan fingerprint density at radius 2 is 2.19 bits per heavy atom. The minimum atomic E-state index is 0.0713. The highest BCUT2D eigenvalue weighted by atomic mass is 16.3. The van der Waals surface area contributed by atoms with E-state index in [0.29, 0.717) is 19.0 Å². The Balaban J connectivity index is 2.15. The fourth-order valence-corrected chi connectivity index (χ4v) is 2.96. The van der Waals surface area contributed by atoms with Crippen molar-refractivity contribution < 1.29 is 9.90 Å². The number of rotatable bonds is 6. The van der Waals surface area contributed by atoms with Crippen molar-refractivity contribution in [1.82, 2.24) is 14.8 Å². The summed E-state index contributed by atoms with van der Waals surface area (Å²) in [6.45, 7) is 6.78. The van der Waals surface area contributed by atoms with Gasteiger partial charge < -0.3 is 19.9 Å². The second-order valence-corrected chi connectivity index (χ2v) is 5.95. The van der Waals surface area contributed by atoms with Gasteiger partial charge in [-0.2, -0.15) is 0 Å². The number of hydrogen-bond donors (Lipinski definition) is 2. The summed E-state index contributed by atoms with van der Waals surface area (Å²) in [5, 5.41) is 12.4.